The first-order valence-electron chi connectivity index (χ1n) is 5.98. The van der Waals surface area contributed by atoms with Crippen LogP contribution in [0.1, 0.15) is 48.0 Å². The van der Waals surface area contributed by atoms with Crippen molar-refractivity contribution in [1.29, 1.82) is 0 Å². The van der Waals surface area contributed by atoms with E-state index in [2.05, 4.69) is 0 Å². The van der Waals surface area contributed by atoms with E-state index in [4.69, 9.17) is 0 Å². The molecule has 1 aromatic rings. The Morgan fingerprint density at radius 3 is 2.31 bits per heavy atom. The molecule has 1 saturated carbocycles. The van der Waals surface area contributed by atoms with Crippen LogP contribution in [0.25, 0.3) is 0 Å². The average molecular weight is 218 g/mol. The normalized spacial score (nSPS) is 19.3. The minimum Gasteiger partial charge on any atom is -0.390 e. The number of carbonyl (C=O) groups is 1. The number of hydrogen-bond donors (Lipinski definition) is 1. The van der Waals surface area contributed by atoms with Crippen molar-refractivity contribution in [2.45, 2.75) is 44.1 Å². The zero-order valence-corrected chi connectivity index (χ0v) is 9.48. The van der Waals surface area contributed by atoms with Crippen molar-refractivity contribution in [3.63, 3.8) is 0 Å². The highest BCUT2D eigenvalue weighted by atomic mass is 16.3. The van der Waals surface area contributed by atoms with Crippen LogP contribution in [0.15, 0.2) is 24.3 Å². The molecule has 1 N–H and O–H groups in total. The monoisotopic (exact) mass is 218 g/mol. The number of hydrogen-bond acceptors (Lipinski definition) is 2. The Morgan fingerprint density at radius 1 is 1.12 bits per heavy atom. The molecule has 0 aromatic heterocycles. The van der Waals surface area contributed by atoms with Crippen molar-refractivity contribution >= 4 is 6.29 Å². The molecule has 0 unspecified atom stereocenters. The van der Waals surface area contributed by atoms with Crippen LogP contribution in [0.4, 0.5) is 0 Å². The van der Waals surface area contributed by atoms with Gasteiger partial charge in [-0.05, 0) is 18.4 Å². The second kappa shape index (κ2) is 4.79. The van der Waals surface area contributed by atoms with Crippen LogP contribution in [-0.2, 0) is 6.42 Å². The summed E-state index contributed by atoms with van der Waals surface area (Å²) in [6.07, 6.45) is 6.87. The van der Waals surface area contributed by atoms with Crippen molar-refractivity contribution in [2.24, 2.45) is 0 Å². The third kappa shape index (κ3) is 2.70. The quantitative estimate of drug-likeness (QED) is 0.792. The lowest BCUT2D eigenvalue weighted by Crippen LogP contribution is -2.33. The molecule has 1 aromatic carbocycles. The van der Waals surface area contributed by atoms with Crippen LogP contribution in [0.3, 0.4) is 0 Å². The van der Waals surface area contributed by atoms with Gasteiger partial charge in [0.05, 0.1) is 5.60 Å². The Hall–Kier alpha value is -1.15. The summed E-state index contributed by atoms with van der Waals surface area (Å²) in [6.45, 7) is 0. The van der Waals surface area contributed by atoms with Gasteiger partial charge in [0.2, 0.25) is 0 Å². The highest BCUT2D eigenvalue weighted by Crippen LogP contribution is 2.31. The minimum absolute atomic E-state index is 0.513. The molecular weight excluding hydrogens is 200 g/mol. The van der Waals surface area contributed by atoms with E-state index in [1.807, 2.05) is 24.3 Å². The van der Waals surface area contributed by atoms with Gasteiger partial charge in [-0.25, -0.2) is 0 Å². The lowest BCUT2D eigenvalue weighted by Gasteiger charge is -2.32. The molecule has 0 atom stereocenters. The molecule has 0 amide bonds. The number of aldehydes is 1. The lowest BCUT2D eigenvalue weighted by atomic mass is 9.80. The summed E-state index contributed by atoms with van der Waals surface area (Å²) in [5.41, 5.74) is 1.30. The van der Waals surface area contributed by atoms with Gasteiger partial charge in [-0.3, -0.25) is 4.79 Å². The summed E-state index contributed by atoms with van der Waals surface area (Å²) >= 11 is 0. The van der Waals surface area contributed by atoms with E-state index in [0.717, 1.165) is 37.5 Å². The second-order valence-corrected chi connectivity index (χ2v) is 4.82. The van der Waals surface area contributed by atoms with Crippen molar-refractivity contribution in [3.8, 4) is 0 Å². The van der Waals surface area contributed by atoms with Gasteiger partial charge in [-0.1, -0.05) is 43.5 Å². The maximum atomic E-state index is 10.5. The first kappa shape index (κ1) is 11.3. The molecule has 1 fully saturated rings. The molecule has 0 saturated heterocycles. The zero-order valence-electron chi connectivity index (χ0n) is 9.48. The molecule has 0 bridgehead atoms. The van der Waals surface area contributed by atoms with Gasteiger partial charge in [0.1, 0.15) is 6.29 Å². The van der Waals surface area contributed by atoms with E-state index in [-0.39, 0.29) is 0 Å². The van der Waals surface area contributed by atoms with E-state index in [1.165, 1.54) is 6.42 Å². The molecule has 0 spiro atoms. The molecule has 0 aliphatic heterocycles. The Kier molecular flexibility index (Phi) is 3.39. The number of benzene rings is 1. The van der Waals surface area contributed by atoms with Gasteiger partial charge < -0.3 is 5.11 Å². The predicted molar refractivity (Wildman–Crippen MR) is 63.6 cm³/mol. The Labute approximate surface area is 96.3 Å². The summed E-state index contributed by atoms with van der Waals surface area (Å²) in [4.78, 5) is 10.5. The number of carbonyl (C=O) groups excluding carboxylic acids is 1. The van der Waals surface area contributed by atoms with Crippen molar-refractivity contribution in [1.82, 2.24) is 0 Å². The maximum absolute atomic E-state index is 10.5. The minimum atomic E-state index is -0.513. The predicted octanol–water partition coefficient (Wildman–Crippen LogP) is 2.74. The van der Waals surface area contributed by atoms with Gasteiger partial charge in [0.15, 0.2) is 0 Å². The summed E-state index contributed by atoms with van der Waals surface area (Å²) in [6, 6.07) is 7.51. The standard InChI is InChI=1S/C14H18O2/c15-11-13-6-4-12(5-7-13)10-14(16)8-2-1-3-9-14/h4-7,11,16H,1-3,8-10H2. The van der Waals surface area contributed by atoms with Crippen molar-refractivity contribution < 1.29 is 9.90 Å². The Bertz CT molecular complexity index is 348. The molecule has 1 aliphatic carbocycles. The molecule has 2 rings (SSSR count). The van der Waals surface area contributed by atoms with Crippen LogP contribution >= 0.6 is 0 Å². The van der Waals surface area contributed by atoms with Crippen LogP contribution < -0.4 is 0 Å². The average Bonchev–Trinajstić information content (AvgIpc) is 2.30. The van der Waals surface area contributed by atoms with Gasteiger partial charge in [0, 0.05) is 12.0 Å². The van der Waals surface area contributed by atoms with Crippen LogP contribution in [0, 0.1) is 0 Å². The highest BCUT2D eigenvalue weighted by molar-refractivity contribution is 5.74. The summed E-state index contributed by atoms with van der Waals surface area (Å²) in [5, 5.41) is 10.4. The Morgan fingerprint density at radius 2 is 1.75 bits per heavy atom. The van der Waals surface area contributed by atoms with E-state index >= 15 is 0 Å². The SMILES string of the molecule is O=Cc1ccc(CC2(O)CCCCC2)cc1. The van der Waals surface area contributed by atoms with Crippen LogP contribution in [0.2, 0.25) is 0 Å². The van der Waals surface area contributed by atoms with Gasteiger partial charge in [0.25, 0.3) is 0 Å². The van der Waals surface area contributed by atoms with Crippen LogP contribution in [0.5, 0.6) is 0 Å². The van der Waals surface area contributed by atoms with Gasteiger partial charge in [-0.2, -0.15) is 0 Å². The van der Waals surface area contributed by atoms with Crippen molar-refractivity contribution in [3.05, 3.63) is 35.4 Å². The first-order chi connectivity index (χ1) is 7.72. The van der Waals surface area contributed by atoms with E-state index < -0.39 is 5.60 Å². The second-order valence-electron chi connectivity index (χ2n) is 4.82. The smallest absolute Gasteiger partial charge is 0.150 e. The fraction of sp³-hybridized carbons (Fsp3) is 0.500. The molecule has 1 aliphatic rings. The topological polar surface area (TPSA) is 37.3 Å². The van der Waals surface area contributed by atoms with Gasteiger partial charge >= 0.3 is 0 Å². The fourth-order valence-electron chi connectivity index (χ4n) is 2.48. The third-order valence-electron chi connectivity index (χ3n) is 3.43. The van der Waals surface area contributed by atoms with E-state index in [9.17, 15) is 9.90 Å². The molecule has 0 radical (unpaired) electrons. The van der Waals surface area contributed by atoms with Crippen molar-refractivity contribution in [2.75, 3.05) is 0 Å². The largest absolute Gasteiger partial charge is 0.390 e. The van der Waals surface area contributed by atoms with E-state index in [1.54, 1.807) is 0 Å². The van der Waals surface area contributed by atoms with Gasteiger partial charge in [-0.15, -0.1) is 0 Å². The maximum Gasteiger partial charge on any atom is 0.150 e. The van der Waals surface area contributed by atoms with Crippen LogP contribution in [-0.4, -0.2) is 17.0 Å². The first-order valence-corrected chi connectivity index (χ1v) is 5.98. The lowest BCUT2D eigenvalue weighted by molar-refractivity contribution is 0.00449. The molecule has 86 valence electrons. The fourth-order valence-corrected chi connectivity index (χ4v) is 2.48. The van der Waals surface area contributed by atoms with E-state index in [0.29, 0.717) is 12.0 Å². The molecule has 2 nitrogen and oxygen atoms in total. The Balaban J connectivity index is 2.04. The number of aliphatic hydroxyl groups is 1. The molecule has 2 heteroatoms. The molecule has 16 heavy (non-hydrogen) atoms. The number of rotatable bonds is 3. The molecular formula is C14H18O2. The highest BCUT2D eigenvalue weighted by Gasteiger charge is 2.28. The summed E-state index contributed by atoms with van der Waals surface area (Å²) in [7, 11) is 0. The zero-order chi connectivity index (χ0) is 11.4. The summed E-state index contributed by atoms with van der Waals surface area (Å²) in [5.74, 6) is 0. The third-order valence-corrected chi connectivity index (χ3v) is 3.43. The molecule has 0 heterocycles. The summed E-state index contributed by atoms with van der Waals surface area (Å²) < 4.78 is 0.